The summed E-state index contributed by atoms with van der Waals surface area (Å²) in [4.78, 5) is 12.2. The van der Waals surface area contributed by atoms with Gasteiger partial charge in [0.05, 0.1) is 17.0 Å². The van der Waals surface area contributed by atoms with Gasteiger partial charge >= 0.3 is 0 Å². The van der Waals surface area contributed by atoms with E-state index in [2.05, 4.69) is 30.8 Å². The largest absolute Gasteiger partial charge is 0.491 e. The van der Waals surface area contributed by atoms with E-state index in [0.717, 1.165) is 5.56 Å². The predicted molar refractivity (Wildman–Crippen MR) is 100 cm³/mol. The first-order valence-corrected chi connectivity index (χ1v) is 9.83. The molecular formula is C19H22N2O4S. The molecular weight excluding hydrogens is 352 g/mol. The summed E-state index contributed by atoms with van der Waals surface area (Å²) in [6.07, 6.45) is 0. The van der Waals surface area contributed by atoms with E-state index in [-0.39, 0.29) is 16.2 Å². The minimum absolute atomic E-state index is 0.0555. The number of nitrogens with one attached hydrogen (secondary N) is 2. The molecule has 2 N–H and O–H groups in total. The Morgan fingerprint density at radius 1 is 1.08 bits per heavy atom. The molecule has 0 spiro atoms. The van der Waals surface area contributed by atoms with Crippen molar-refractivity contribution in [3.8, 4) is 5.75 Å². The SMILES string of the molecule is CC(C)(C)c1ccc(S(=O)(=O)Nc2ccc3c(c2)C(=O)NCCO3)cc1. The van der Waals surface area contributed by atoms with Crippen LogP contribution in [0, 0.1) is 0 Å². The van der Waals surface area contributed by atoms with Crippen LogP contribution in [0.25, 0.3) is 0 Å². The van der Waals surface area contributed by atoms with Crippen LogP contribution in [0.15, 0.2) is 47.4 Å². The summed E-state index contributed by atoms with van der Waals surface area (Å²) in [6.45, 7) is 6.99. The molecule has 3 rings (SSSR count). The van der Waals surface area contributed by atoms with E-state index in [9.17, 15) is 13.2 Å². The minimum Gasteiger partial charge on any atom is -0.491 e. The summed E-state index contributed by atoms with van der Waals surface area (Å²) in [5, 5.41) is 2.70. The third-order valence-corrected chi connectivity index (χ3v) is 5.55. The van der Waals surface area contributed by atoms with Crippen molar-refractivity contribution in [2.45, 2.75) is 31.1 Å². The van der Waals surface area contributed by atoms with Crippen LogP contribution in [0.3, 0.4) is 0 Å². The van der Waals surface area contributed by atoms with Gasteiger partial charge < -0.3 is 10.1 Å². The van der Waals surface area contributed by atoms with Crippen molar-refractivity contribution in [2.75, 3.05) is 17.9 Å². The monoisotopic (exact) mass is 374 g/mol. The molecule has 0 aromatic heterocycles. The maximum Gasteiger partial charge on any atom is 0.261 e. The topological polar surface area (TPSA) is 84.5 Å². The van der Waals surface area contributed by atoms with Gasteiger partial charge in [-0.15, -0.1) is 0 Å². The molecule has 0 fully saturated rings. The molecule has 1 aliphatic heterocycles. The molecule has 138 valence electrons. The van der Waals surface area contributed by atoms with Crippen molar-refractivity contribution in [1.29, 1.82) is 0 Å². The van der Waals surface area contributed by atoms with Gasteiger partial charge in [-0.2, -0.15) is 0 Å². The average molecular weight is 374 g/mol. The summed E-state index contributed by atoms with van der Waals surface area (Å²) in [5.41, 5.74) is 1.62. The molecule has 0 bridgehead atoms. The van der Waals surface area contributed by atoms with Gasteiger partial charge in [-0.25, -0.2) is 8.42 Å². The van der Waals surface area contributed by atoms with Crippen molar-refractivity contribution >= 4 is 21.6 Å². The molecule has 6 nitrogen and oxygen atoms in total. The highest BCUT2D eigenvalue weighted by atomic mass is 32.2. The average Bonchev–Trinajstić information content (AvgIpc) is 2.76. The molecule has 0 radical (unpaired) electrons. The maximum absolute atomic E-state index is 12.6. The number of sulfonamides is 1. The smallest absolute Gasteiger partial charge is 0.261 e. The van der Waals surface area contributed by atoms with Crippen molar-refractivity contribution in [3.05, 3.63) is 53.6 Å². The molecule has 0 saturated carbocycles. The Labute approximate surface area is 153 Å². The van der Waals surface area contributed by atoms with Gasteiger partial charge in [-0.1, -0.05) is 32.9 Å². The van der Waals surface area contributed by atoms with Crippen LogP contribution in [-0.2, 0) is 15.4 Å². The molecule has 7 heteroatoms. The predicted octanol–water partition coefficient (Wildman–Crippen LogP) is 2.91. The Morgan fingerprint density at radius 2 is 1.77 bits per heavy atom. The fourth-order valence-corrected chi connectivity index (χ4v) is 3.72. The molecule has 0 saturated heterocycles. The Bertz CT molecular complexity index is 929. The van der Waals surface area contributed by atoms with Gasteiger partial charge in [-0.05, 0) is 41.3 Å². The first-order valence-electron chi connectivity index (χ1n) is 8.35. The van der Waals surface area contributed by atoms with E-state index in [1.165, 1.54) is 6.07 Å². The van der Waals surface area contributed by atoms with Crippen molar-refractivity contribution < 1.29 is 17.9 Å². The van der Waals surface area contributed by atoms with Crippen LogP contribution in [0.2, 0.25) is 0 Å². The highest BCUT2D eigenvalue weighted by Crippen LogP contribution is 2.27. The number of carbonyl (C=O) groups is 1. The first kappa shape index (κ1) is 18.3. The molecule has 0 unspecified atom stereocenters. The van der Waals surface area contributed by atoms with E-state index in [1.54, 1.807) is 24.3 Å². The summed E-state index contributed by atoms with van der Waals surface area (Å²) in [7, 11) is -3.75. The molecule has 26 heavy (non-hydrogen) atoms. The number of amides is 1. The number of carbonyl (C=O) groups excluding carboxylic acids is 1. The van der Waals surface area contributed by atoms with E-state index in [1.807, 2.05) is 12.1 Å². The van der Waals surface area contributed by atoms with Gasteiger partial charge in [0.15, 0.2) is 0 Å². The van der Waals surface area contributed by atoms with Crippen LogP contribution >= 0.6 is 0 Å². The number of anilines is 1. The van der Waals surface area contributed by atoms with Crippen LogP contribution < -0.4 is 14.8 Å². The summed E-state index contributed by atoms with van der Waals surface area (Å²) in [6, 6.07) is 11.5. The number of rotatable bonds is 3. The Balaban J connectivity index is 1.87. The van der Waals surface area contributed by atoms with E-state index < -0.39 is 10.0 Å². The maximum atomic E-state index is 12.6. The van der Waals surface area contributed by atoms with E-state index in [4.69, 9.17) is 4.74 Å². The highest BCUT2D eigenvalue weighted by Gasteiger charge is 2.20. The van der Waals surface area contributed by atoms with Crippen LogP contribution in [-0.4, -0.2) is 27.5 Å². The zero-order valence-electron chi connectivity index (χ0n) is 15.0. The lowest BCUT2D eigenvalue weighted by molar-refractivity contribution is 0.0957. The van der Waals surface area contributed by atoms with Gasteiger partial charge in [0, 0.05) is 5.69 Å². The lowest BCUT2D eigenvalue weighted by atomic mass is 9.87. The van der Waals surface area contributed by atoms with Gasteiger partial charge in [-0.3, -0.25) is 9.52 Å². The van der Waals surface area contributed by atoms with Gasteiger partial charge in [0.2, 0.25) is 0 Å². The number of fused-ring (bicyclic) bond motifs is 1. The van der Waals surface area contributed by atoms with Gasteiger partial charge in [0.1, 0.15) is 12.4 Å². The van der Waals surface area contributed by atoms with E-state index >= 15 is 0 Å². The number of benzene rings is 2. The van der Waals surface area contributed by atoms with Crippen molar-refractivity contribution in [3.63, 3.8) is 0 Å². The Kier molecular flexibility index (Phi) is 4.66. The second kappa shape index (κ2) is 6.64. The molecule has 1 amide bonds. The zero-order valence-corrected chi connectivity index (χ0v) is 15.8. The molecule has 1 aliphatic rings. The van der Waals surface area contributed by atoms with Crippen LogP contribution in [0.1, 0.15) is 36.7 Å². The summed E-state index contributed by atoms with van der Waals surface area (Å²) in [5.74, 6) is 0.158. The third-order valence-electron chi connectivity index (χ3n) is 4.15. The van der Waals surface area contributed by atoms with Crippen LogP contribution in [0.4, 0.5) is 5.69 Å². The highest BCUT2D eigenvalue weighted by molar-refractivity contribution is 7.92. The quantitative estimate of drug-likeness (QED) is 0.865. The second-order valence-corrected chi connectivity index (χ2v) is 8.88. The molecule has 2 aromatic carbocycles. The molecule has 2 aromatic rings. The first-order chi connectivity index (χ1) is 12.2. The lowest BCUT2D eigenvalue weighted by Crippen LogP contribution is -2.24. The summed E-state index contributed by atoms with van der Waals surface area (Å²) >= 11 is 0. The Hall–Kier alpha value is -2.54. The molecule has 0 atom stereocenters. The normalized spacial score (nSPS) is 14.7. The Morgan fingerprint density at radius 3 is 2.42 bits per heavy atom. The fraction of sp³-hybridized carbons (Fsp3) is 0.316. The number of hydrogen-bond donors (Lipinski definition) is 2. The fourth-order valence-electron chi connectivity index (χ4n) is 2.67. The molecule has 1 heterocycles. The second-order valence-electron chi connectivity index (χ2n) is 7.20. The standard InChI is InChI=1S/C19H22N2O4S/c1-19(2,3)13-4-7-15(8-5-13)26(23,24)21-14-6-9-17-16(12-14)18(22)20-10-11-25-17/h4-9,12,21H,10-11H2,1-3H3,(H,20,22). The summed E-state index contributed by atoms with van der Waals surface area (Å²) < 4.78 is 33.3. The number of hydrogen-bond acceptors (Lipinski definition) is 4. The third kappa shape index (κ3) is 3.83. The van der Waals surface area contributed by atoms with E-state index in [0.29, 0.717) is 30.2 Å². The van der Waals surface area contributed by atoms with Crippen LogP contribution in [0.5, 0.6) is 5.75 Å². The lowest BCUT2D eigenvalue weighted by Gasteiger charge is -2.19. The molecule has 0 aliphatic carbocycles. The van der Waals surface area contributed by atoms with Gasteiger partial charge in [0.25, 0.3) is 15.9 Å². The van der Waals surface area contributed by atoms with Crippen molar-refractivity contribution in [1.82, 2.24) is 5.32 Å². The zero-order chi connectivity index (χ0) is 18.9. The van der Waals surface area contributed by atoms with Crippen molar-refractivity contribution in [2.24, 2.45) is 0 Å². The number of ether oxygens (including phenoxy) is 1. The minimum atomic E-state index is -3.75.